The van der Waals surface area contributed by atoms with E-state index in [0.717, 1.165) is 46.2 Å². The van der Waals surface area contributed by atoms with E-state index in [1.807, 2.05) is 45.0 Å². The highest BCUT2D eigenvalue weighted by molar-refractivity contribution is 7.13. The number of nitrogens with zero attached hydrogens (tertiary/aromatic N) is 4. The third-order valence-electron chi connectivity index (χ3n) is 5.92. The largest absolute Gasteiger partial charge is 0.444 e. The monoisotopic (exact) mass is 479 g/mol. The third kappa shape index (κ3) is 4.52. The zero-order valence-electron chi connectivity index (χ0n) is 19.3. The molecular weight excluding hydrogens is 453 g/mol. The van der Waals surface area contributed by atoms with Crippen LogP contribution in [0, 0.1) is 5.82 Å². The highest BCUT2D eigenvalue weighted by Gasteiger charge is 2.28. The number of anilines is 2. The quantitative estimate of drug-likeness (QED) is 0.375. The molecule has 1 aliphatic heterocycles. The number of carbonyl (C=O) groups excluding carboxylic acids is 1. The lowest BCUT2D eigenvalue weighted by Crippen LogP contribution is -2.42. The Morgan fingerprint density at radius 2 is 2.09 bits per heavy atom. The summed E-state index contributed by atoms with van der Waals surface area (Å²) in [6, 6.07) is 9.58. The van der Waals surface area contributed by atoms with E-state index < -0.39 is 5.60 Å². The molecular formula is C25H26FN5O2S. The van der Waals surface area contributed by atoms with Crippen molar-refractivity contribution in [2.75, 3.05) is 18.4 Å². The first-order chi connectivity index (χ1) is 16.3. The number of likely N-dealkylation sites (tertiary alicyclic amines) is 1. The summed E-state index contributed by atoms with van der Waals surface area (Å²) in [4.78, 5) is 23.2. The van der Waals surface area contributed by atoms with E-state index in [2.05, 4.69) is 19.7 Å². The number of hydrogen-bond acceptors (Lipinski definition) is 7. The Kier molecular flexibility index (Phi) is 5.81. The van der Waals surface area contributed by atoms with Gasteiger partial charge in [0.15, 0.2) is 5.82 Å². The predicted octanol–water partition coefficient (Wildman–Crippen LogP) is 6.24. The number of rotatable bonds is 3. The summed E-state index contributed by atoms with van der Waals surface area (Å²) in [5, 5.41) is 4.73. The van der Waals surface area contributed by atoms with Crippen molar-refractivity contribution in [1.82, 2.24) is 19.2 Å². The van der Waals surface area contributed by atoms with Crippen LogP contribution in [-0.2, 0) is 4.74 Å². The van der Waals surface area contributed by atoms with Crippen molar-refractivity contribution in [2.24, 2.45) is 0 Å². The molecule has 1 aliphatic rings. The highest BCUT2D eigenvalue weighted by atomic mass is 32.1. The molecule has 0 saturated carbocycles. The molecule has 0 bridgehead atoms. The fraction of sp³-hybridized carbons (Fsp3) is 0.360. The summed E-state index contributed by atoms with van der Waals surface area (Å²) in [7, 11) is 0. The van der Waals surface area contributed by atoms with Gasteiger partial charge in [0.2, 0.25) is 0 Å². The molecule has 0 unspecified atom stereocenters. The maximum Gasteiger partial charge on any atom is 0.410 e. The van der Waals surface area contributed by atoms with E-state index >= 15 is 4.39 Å². The number of aromatic nitrogens is 3. The lowest BCUT2D eigenvalue weighted by atomic mass is 9.90. The van der Waals surface area contributed by atoms with Gasteiger partial charge in [0.05, 0.1) is 15.9 Å². The van der Waals surface area contributed by atoms with Crippen LogP contribution in [-0.4, -0.2) is 44.0 Å². The number of piperidine rings is 1. The number of carbonyl (C=O) groups is 1. The zero-order valence-corrected chi connectivity index (χ0v) is 20.2. The highest BCUT2D eigenvalue weighted by Crippen LogP contribution is 2.34. The van der Waals surface area contributed by atoms with Crippen LogP contribution in [0.1, 0.15) is 45.1 Å². The van der Waals surface area contributed by atoms with E-state index in [1.54, 1.807) is 17.2 Å². The molecule has 1 saturated heterocycles. The van der Waals surface area contributed by atoms with E-state index in [9.17, 15) is 4.79 Å². The van der Waals surface area contributed by atoms with Crippen molar-refractivity contribution in [1.29, 1.82) is 0 Å². The summed E-state index contributed by atoms with van der Waals surface area (Å²) in [5.74, 6) is 0.363. The molecule has 2 aromatic heterocycles. The van der Waals surface area contributed by atoms with E-state index in [-0.39, 0.29) is 17.8 Å². The third-order valence-corrected chi connectivity index (χ3v) is 6.73. The minimum absolute atomic E-state index is 0.170. The van der Waals surface area contributed by atoms with Crippen molar-refractivity contribution in [3.8, 4) is 0 Å². The van der Waals surface area contributed by atoms with Gasteiger partial charge in [-0.25, -0.2) is 19.2 Å². The first kappa shape index (κ1) is 22.5. The fourth-order valence-electron chi connectivity index (χ4n) is 4.29. The first-order valence-corrected chi connectivity index (χ1v) is 12.1. The average molecular weight is 480 g/mol. The number of ether oxygens (including phenoxy) is 1. The molecule has 0 aliphatic carbocycles. The van der Waals surface area contributed by atoms with Crippen molar-refractivity contribution in [3.63, 3.8) is 0 Å². The minimum atomic E-state index is -0.525. The molecule has 34 heavy (non-hydrogen) atoms. The van der Waals surface area contributed by atoms with Gasteiger partial charge in [0.25, 0.3) is 0 Å². The average Bonchev–Trinajstić information content (AvgIpc) is 3.29. The molecule has 4 aromatic rings. The number of nitrogens with one attached hydrogen (secondary N) is 1. The predicted molar refractivity (Wildman–Crippen MR) is 132 cm³/mol. The van der Waals surface area contributed by atoms with Crippen molar-refractivity contribution in [2.45, 2.75) is 45.1 Å². The maximum atomic E-state index is 15.0. The second kappa shape index (κ2) is 8.79. The van der Waals surface area contributed by atoms with Crippen LogP contribution in [0.5, 0.6) is 0 Å². The van der Waals surface area contributed by atoms with Crippen LogP contribution in [0.25, 0.3) is 21.0 Å². The first-order valence-electron chi connectivity index (χ1n) is 11.3. The van der Waals surface area contributed by atoms with E-state index in [0.29, 0.717) is 29.3 Å². The molecule has 3 heterocycles. The second-order valence-corrected chi connectivity index (χ2v) is 10.4. The number of amides is 1. The lowest BCUT2D eigenvalue weighted by molar-refractivity contribution is 0.0198. The van der Waals surface area contributed by atoms with Crippen LogP contribution in [0.3, 0.4) is 0 Å². The molecule has 0 radical (unpaired) electrons. The van der Waals surface area contributed by atoms with Gasteiger partial charge < -0.3 is 15.0 Å². The number of hydrogen-bond donors (Lipinski definition) is 1. The summed E-state index contributed by atoms with van der Waals surface area (Å²) in [6.45, 7) is 6.90. The molecule has 1 atom stereocenters. The van der Waals surface area contributed by atoms with E-state index in [1.165, 1.54) is 6.33 Å². The van der Waals surface area contributed by atoms with Gasteiger partial charge in [0, 0.05) is 36.0 Å². The Hall–Kier alpha value is -3.33. The fourth-order valence-corrected chi connectivity index (χ4v) is 4.98. The Morgan fingerprint density at radius 1 is 1.24 bits per heavy atom. The van der Waals surface area contributed by atoms with Crippen LogP contribution in [0.15, 0.2) is 42.9 Å². The Labute approximate surface area is 201 Å². The van der Waals surface area contributed by atoms with Gasteiger partial charge in [-0.15, -0.1) is 0 Å². The van der Waals surface area contributed by atoms with Crippen LogP contribution >= 0.6 is 11.5 Å². The normalized spacial score (nSPS) is 16.7. The van der Waals surface area contributed by atoms with Crippen LogP contribution < -0.4 is 5.32 Å². The number of halogens is 1. The topological polar surface area (TPSA) is 80.2 Å². The van der Waals surface area contributed by atoms with Gasteiger partial charge in [0.1, 0.15) is 17.7 Å². The molecule has 1 fully saturated rings. The lowest BCUT2D eigenvalue weighted by Gasteiger charge is -2.34. The van der Waals surface area contributed by atoms with Gasteiger partial charge in [-0.2, -0.15) is 4.37 Å². The Bertz CT molecular complexity index is 1370. The summed E-state index contributed by atoms with van der Waals surface area (Å²) >= 11 is 1.13. The van der Waals surface area contributed by atoms with Gasteiger partial charge >= 0.3 is 6.09 Å². The zero-order chi connectivity index (χ0) is 23.9. The number of fused-ring (bicyclic) bond motifs is 2. The van der Waals surface area contributed by atoms with Crippen LogP contribution in [0.2, 0.25) is 0 Å². The smallest absolute Gasteiger partial charge is 0.410 e. The van der Waals surface area contributed by atoms with Gasteiger partial charge in [-0.1, -0.05) is 6.07 Å². The van der Waals surface area contributed by atoms with E-state index in [4.69, 9.17) is 4.74 Å². The molecule has 1 amide bonds. The molecule has 9 heteroatoms. The van der Waals surface area contributed by atoms with Crippen LogP contribution in [0.4, 0.5) is 20.7 Å². The molecule has 5 rings (SSSR count). The molecule has 1 N–H and O–H groups in total. The van der Waals surface area contributed by atoms with Crippen molar-refractivity contribution < 1.29 is 13.9 Å². The summed E-state index contributed by atoms with van der Waals surface area (Å²) in [5.41, 5.74) is 1.68. The second-order valence-electron chi connectivity index (χ2n) is 9.56. The van der Waals surface area contributed by atoms with Crippen molar-refractivity contribution in [3.05, 3.63) is 54.2 Å². The molecule has 176 valence electrons. The maximum absolute atomic E-state index is 15.0. The standard InChI is InChI=1S/C25H26FN5O2S/c1-25(2,3)33-24(32)31-10-4-5-17(13-31)15-6-8-19-18(11-15)23(28-14-27-19)30-20-9-7-16-12-29-34-22(16)21(20)26/h6-9,11-12,14,17H,4-5,10,13H2,1-3H3,(H,27,28,30)/t17-/m1/s1. The van der Waals surface area contributed by atoms with Gasteiger partial charge in [-0.3, -0.25) is 0 Å². The Balaban J connectivity index is 1.43. The minimum Gasteiger partial charge on any atom is -0.444 e. The summed E-state index contributed by atoms with van der Waals surface area (Å²) in [6.07, 6.45) is 4.72. The Morgan fingerprint density at radius 3 is 2.91 bits per heavy atom. The summed E-state index contributed by atoms with van der Waals surface area (Å²) < 4.78 is 25.2. The molecule has 2 aromatic carbocycles. The molecule has 0 spiro atoms. The SMILES string of the molecule is CC(C)(C)OC(=O)N1CCC[C@@H](c2ccc3ncnc(Nc4ccc5cnsc5c4F)c3c2)C1. The molecule has 7 nitrogen and oxygen atoms in total. The number of benzene rings is 2. The van der Waals surface area contributed by atoms with Crippen molar-refractivity contribution >= 4 is 50.1 Å². The van der Waals surface area contributed by atoms with Gasteiger partial charge in [-0.05, 0) is 75.0 Å².